The molecule has 13 heteroatoms. The third-order valence-electron chi connectivity index (χ3n) is 5.40. The smallest absolute Gasteiger partial charge is 0.363 e. The molecule has 4 rings (SSSR count). The molecule has 3 aromatic rings. The Bertz CT molecular complexity index is 1270. The maximum Gasteiger partial charge on any atom is 0.416 e. The molecule has 34 heavy (non-hydrogen) atoms. The highest BCUT2D eigenvalue weighted by Crippen LogP contribution is 2.36. The van der Waals surface area contributed by atoms with Crippen LogP contribution in [-0.2, 0) is 19.1 Å². The predicted molar refractivity (Wildman–Crippen MR) is 132 cm³/mol. The van der Waals surface area contributed by atoms with Gasteiger partial charge in [-0.05, 0) is 40.6 Å². The average molecular weight is 603 g/mol. The molecule has 0 N–H and O–H groups in total. The largest absolute Gasteiger partial charge is 0.416 e. The molecule has 0 radical (unpaired) electrons. The monoisotopic (exact) mass is 603 g/mol. The van der Waals surface area contributed by atoms with Crippen LogP contribution in [0.5, 0.6) is 0 Å². The lowest BCUT2D eigenvalue weighted by Gasteiger charge is -2.29. The molecule has 2 aromatic heterocycles. The van der Waals surface area contributed by atoms with E-state index < -0.39 is 23.3 Å². The first-order chi connectivity index (χ1) is 16.3. The molecule has 2 unspecified atom stereocenters. The first-order valence-electron chi connectivity index (χ1n) is 10.5. The molecular weight excluding hydrogens is 581 g/mol. The number of alkyl halides is 3. The predicted octanol–water partition coefficient (Wildman–Crippen LogP) is 4.72. The average Bonchev–Trinajstić information content (AvgIpc) is 3.27. The Morgan fingerprint density at radius 2 is 1.97 bits per heavy atom. The van der Waals surface area contributed by atoms with Crippen LogP contribution in [-0.4, -0.2) is 31.1 Å². The standard InChI is InChI=1S/C19H16F3IN7OP.C2H6/c1-11(12-4-2-3-5-14(12)19(20,21)22)29-16-6-7-28(10-15(16)26-27-29)17-9-25-30(32-23)18(31)13(17)8-24;1-2/h2-5,9,11,32H,6-7,10H2,1H3;1-2H3. The zero-order valence-electron chi connectivity index (χ0n) is 18.6. The normalized spacial score (nSPS) is 14.4. The molecule has 0 bridgehead atoms. The summed E-state index contributed by atoms with van der Waals surface area (Å²) in [6.45, 7) is 6.38. The molecule has 1 aliphatic rings. The van der Waals surface area contributed by atoms with Gasteiger partial charge in [-0.2, -0.15) is 23.5 Å². The summed E-state index contributed by atoms with van der Waals surface area (Å²) in [5.74, 6) is 0. The summed E-state index contributed by atoms with van der Waals surface area (Å²) >= 11 is 2.01. The van der Waals surface area contributed by atoms with Crippen molar-refractivity contribution in [1.82, 2.24) is 24.5 Å². The van der Waals surface area contributed by atoms with Crippen molar-refractivity contribution in [2.24, 2.45) is 0 Å². The summed E-state index contributed by atoms with van der Waals surface area (Å²) in [4.78, 5) is 14.3. The van der Waals surface area contributed by atoms with Gasteiger partial charge in [0, 0.05) is 13.0 Å². The van der Waals surface area contributed by atoms with Gasteiger partial charge in [0.15, 0.2) is 0 Å². The van der Waals surface area contributed by atoms with Crippen LogP contribution < -0.4 is 10.5 Å². The van der Waals surface area contributed by atoms with Gasteiger partial charge in [0.1, 0.15) is 17.3 Å². The molecule has 1 aromatic carbocycles. The summed E-state index contributed by atoms with van der Waals surface area (Å²) in [5.41, 5.74) is 0.719. The minimum absolute atomic E-state index is 0.00693. The first kappa shape index (κ1) is 26.1. The Labute approximate surface area is 209 Å². The van der Waals surface area contributed by atoms with E-state index in [1.165, 1.54) is 27.5 Å². The maximum atomic E-state index is 13.5. The van der Waals surface area contributed by atoms with Crippen molar-refractivity contribution < 1.29 is 13.2 Å². The number of halogens is 4. The zero-order chi connectivity index (χ0) is 25.0. The highest BCUT2D eigenvalue weighted by atomic mass is 127. The van der Waals surface area contributed by atoms with Crippen LogP contribution in [0.1, 0.15) is 54.9 Å². The van der Waals surface area contributed by atoms with E-state index in [4.69, 9.17) is 0 Å². The minimum atomic E-state index is -4.47. The highest BCUT2D eigenvalue weighted by molar-refractivity contribution is 14.2. The molecule has 0 saturated carbocycles. The van der Waals surface area contributed by atoms with Crippen LogP contribution in [0.25, 0.3) is 0 Å². The van der Waals surface area contributed by atoms with Gasteiger partial charge in [-0.1, -0.05) is 37.3 Å². The second-order valence-electron chi connectivity index (χ2n) is 7.18. The molecule has 2 atom stereocenters. The molecule has 0 fully saturated rings. The minimum Gasteiger partial charge on any atom is -0.363 e. The summed E-state index contributed by atoms with van der Waals surface area (Å²) in [6, 6.07) is 6.74. The number of nitriles is 1. The van der Waals surface area contributed by atoms with Crippen LogP contribution >= 0.6 is 28.4 Å². The molecule has 3 heterocycles. The first-order valence-corrected chi connectivity index (χ1v) is 14.6. The Morgan fingerprint density at radius 1 is 1.26 bits per heavy atom. The van der Waals surface area contributed by atoms with E-state index in [1.807, 2.05) is 46.9 Å². The van der Waals surface area contributed by atoms with Gasteiger partial charge in [-0.15, -0.1) is 5.10 Å². The second-order valence-corrected chi connectivity index (χ2v) is 9.22. The molecule has 1 aliphatic heterocycles. The van der Waals surface area contributed by atoms with Crippen molar-refractivity contribution in [3.63, 3.8) is 0 Å². The van der Waals surface area contributed by atoms with Gasteiger partial charge in [0.05, 0.1) is 42.1 Å². The quantitative estimate of drug-likeness (QED) is 0.317. The van der Waals surface area contributed by atoms with E-state index in [-0.39, 0.29) is 24.0 Å². The number of hydrogen-bond donors (Lipinski definition) is 0. The zero-order valence-corrected chi connectivity index (χ0v) is 21.8. The van der Waals surface area contributed by atoms with E-state index in [0.717, 1.165) is 11.8 Å². The lowest BCUT2D eigenvalue weighted by Crippen LogP contribution is -2.34. The van der Waals surface area contributed by atoms with Gasteiger partial charge < -0.3 is 4.90 Å². The van der Waals surface area contributed by atoms with E-state index in [2.05, 4.69) is 15.4 Å². The molecule has 0 saturated heterocycles. The second kappa shape index (κ2) is 10.8. The third-order valence-corrected chi connectivity index (χ3v) is 7.25. The fourth-order valence-electron chi connectivity index (χ4n) is 3.85. The van der Waals surface area contributed by atoms with Gasteiger partial charge in [0.25, 0.3) is 5.56 Å². The number of hydrogen-bond acceptors (Lipinski definition) is 6. The summed E-state index contributed by atoms with van der Waals surface area (Å²) in [6.07, 6.45) is -2.46. The van der Waals surface area contributed by atoms with Crippen LogP contribution in [0, 0.1) is 11.3 Å². The van der Waals surface area contributed by atoms with Gasteiger partial charge in [0.2, 0.25) is 0 Å². The fourth-order valence-corrected chi connectivity index (χ4v) is 5.17. The summed E-state index contributed by atoms with van der Waals surface area (Å²) < 4.78 is 43.2. The van der Waals surface area contributed by atoms with E-state index >= 15 is 0 Å². The Morgan fingerprint density at radius 3 is 2.62 bits per heavy atom. The molecule has 0 aliphatic carbocycles. The highest BCUT2D eigenvalue weighted by Gasteiger charge is 2.35. The Balaban J connectivity index is 0.00000158. The number of benzene rings is 1. The topological polar surface area (TPSA) is 92.6 Å². The number of anilines is 1. The SMILES string of the molecule is CC.CC(c1ccccc1C(F)(F)F)n1nnc2c1CCN(c1cnn(PI)c(=O)c1C#N)C2. The van der Waals surface area contributed by atoms with Crippen LogP contribution in [0.2, 0.25) is 0 Å². The van der Waals surface area contributed by atoms with Gasteiger partial charge >= 0.3 is 6.18 Å². The molecule has 0 amide bonds. The molecular formula is C21H22F3IN7OP. The summed E-state index contributed by atoms with van der Waals surface area (Å²) in [7, 11) is 0. The van der Waals surface area contributed by atoms with Gasteiger partial charge in [-0.3, -0.25) is 4.79 Å². The van der Waals surface area contributed by atoms with Crippen molar-refractivity contribution in [2.45, 2.75) is 46.0 Å². The number of aromatic nitrogens is 5. The Kier molecular flexibility index (Phi) is 8.30. The number of nitrogens with zero attached hydrogens (tertiary/aromatic N) is 7. The van der Waals surface area contributed by atoms with Crippen molar-refractivity contribution in [3.05, 3.63) is 68.9 Å². The van der Waals surface area contributed by atoms with Crippen LogP contribution in [0.15, 0.2) is 35.3 Å². The molecule has 8 nitrogen and oxygen atoms in total. The fraction of sp³-hybridized carbons (Fsp3) is 0.381. The van der Waals surface area contributed by atoms with Crippen molar-refractivity contribution in [3.8, 4) is 6.07 Å². The molecule has 0 spiro atoms. The Hall–Kier alpha value is -2.52. The number of rotatable bonds is 4. The van der Waals surface area contributed by atoms with Crippen molar-refractivity contribution >= 4 is 34.1 Å². The van der Waals surface area contributed by atoms with Crippen molar-refractivity contribution in [1.29, 1.82) is 5.26 Å². The van der Waals surface area contributed by atoms with Crippen LogP contribution in [0.4, 0.5) is 18.9 Å². The maximum absolute atomic E-state index is 13.5. The molecule has 180 valence electrons. The lowest BCUT2D eigenvalue weighted by atomic mass is 10.00. The van der Waals surface area contributed by atoms with E-state index in [9.17, 15) is 23.2 Å². The third kappa shape index (κ3) is 4.95. The van der Waals surface area contributed by atoms with Crippen LogP contribution in [0.3, 0.4) is 0 Å². The van der Waals surface area contributed by atoms with E-state index in [1.54, 1.807) is 13.0 Å². The van der Waals surface area contributed by atoms with Crippen molar-refractivity contribution in [2.75, 3.05) is 11.4 Å². The number of fused-ring (bicyclic) bond motifs is 1. The van der Waals surface area contributed by atoms with Gasteiger partial charge in [-0.25, -0.2) is 9.13 Å². The lowest BCUT2D eigenvalue weighted by molar-refractivity contribution is -0.138. The summed E-state index contributed by atoms with van der Waals surface area (Å²) in [5, 5.41) is 21.9. The van der Waals surface area contributed by atoms with E-state index in [0.29, 0.717) is 24.3 Å².